The molecular weight excluding hydrogens is 502 g/mol. The molecular formula is C30H23NO8. The van der Waals surface area contributed by atoms with E-state index in [1.54, 1.807) is 67.8 Å². The van der Waals surface area contributed by atoms with E-state index >= 15 is 0 Å². The van der Waals surface area contributed by atoms with Gasteiger partial charge in [-0.05, 0) is 48.5 Å². The van der Waals surface area contributed by atoms with Crippen LogP contribution in [0.25, 0.3) is 17.0 Å². The summed E-state index contributed by atoms with van der Waals surface area (Å²) in [4.78, 5) is 42.1. The van der Waals surface area contributed by atoms with Gasteiger partial charge in [0.25, 0.3) is 5.56 Å². The summed E-state index contributed by atoms with van der Waals surface area (Å²) < 4.78 is 27.8. The number of H-pyrrole nitrogens is 1. The minimum Gasteiger partial charge on any atom is -0.497 e. The SMILES string of the molecule is COc1ccc2[nH]c(=O)c([C@@H]3CC(=O)Oc4ccc5c(c43)O/C(=C\c3cccc(OC)c3OC)C5=O)cc2c1. The number of rotatable bonds is 5. The fourth-order valence-corrected chi connectivity index (χ4v) is 5.13. The number of nitrogens with one attached hydrogen (secondary N) is 1. The molecule has 0 fully saturated rings. The molecule has 0 spiro atoms. The first kappa shape index (κ1) is 24.3. The van der Waals surface area contributed by atoms with Crippen LogP contribution < -0.4 is 29.2 Å². The Hall–Kier alpha value is -5.05. The van der Waals surface area contributed by atoms with Gasteiger partial charge < -0.3 is 28.7 Å². The lowest BCUT2D eigenvalue weighted by atomic mass is 9.85. The van der Waals surface area contributed by atoms with Gasteiger partial charge in [-0.25, -0.2) is 0 Å². The molecule has 6 rings (SSSR count). The molecule has 1 atom stereocenters. The number of carbonyl (C=O) groups excluding carboxylic acids is 2. The highest BCUT2D eigenvalue weighted by molar-refractivity contribution is 6.15. The zero-order valence-corrected chi connectivity index (χ0v) is 21.3. The number of aromatic amines is 1. The Labute approximate surface area is 222 Å². The van der Waals surface area contributed by atoms with Crippen LogP contribution >= 0.6 is 0 Å². The molecule has 3 aromatic carbocycles. The standard InChI is InChI=1S/C30H23NO8/c1-35-17-7-9-21-16(11-17)12-20(30(34)31-21)19-14-25(32)38-22-10-8-18-27(33)24(39-29(18)26(19)22)13-15-5-4-6-23(36-2)28(15)37-3/h4-13,19H,14H2,1-3H3,(H,31,34)/b24-13-/t19-/m0/s1. The van der Waals surface area contributed by atoms with Gasteiger partial charge in [0, 0.05) is 33.5 Å². The number of fused-ring (bicyclic) bond motifs is 4. The number of methoxy groups -OCH3 is 3. The van der Waals surface area contributed by atoms with Crippen molar-refractivity contribution in [1.29, 1.82) is 0 Å². The minimum absolute atomic E-state index is 0.0674. The maximum Gasteiger partial charge on any atom is 0.312 e. The Morgan fingerprint density at radius 2 is 1.77 bits per heavy atom. The van der Waals surface area contributed by atoms with Gasteiger partial charge in [0.05, 0.1) is 33.3 Å². The van der Waals surface area contributed by atoms with Crippen LogP contribution in [0, 0.1) is 0 Å². The van der Waals surface area contributed by atoms with Crippen molar-refractivity contribution in [3.63, 3.8) is 0 Å². The van der Waals surface area contributed by atoms with Crippen molar-refractivity contribution in [3.05, 3.63) is 93.0 Å². The lowest BCUT2D eigenvalue weighted by Crippen LogP contribution is -2.26. The van der Waals surface area contributed by atoms with Gasteiger partial charge in [0.15, 0.2) is 17.3 Å². The molecule has 196 valence electrons. The summed E-state index contributed by atoms with van der Waals surface area (Å²) in [6.07, 6.45) is 1.48. The molecule has 0 saturated heterocycles. The Morgan fingerprint density at radius 1 is 0.923 bits per heavy atom. The molecule has 9 heteroatoms. The maximum absolute atomic E-state index is 13.4. The monoisotopic (exact) mass is 525 g/mol. The summed E-state index contributed by atoms with van der Waals surface area (Å²) in [5, 5.41) is 0.736. The van der Waals surface area contributed by atoms with E-state index in [9.17, 15) is 14.4 Å². The first-order valence-electron chi connectivity index (χ1n) is 12.2. The molecule has 0 bridgehead atoms. The highest BCUT2D eigenvalue weighted by Gasteiger charge is 2.39. The summed E-state index contributed by atoms with van der Waals surface area (Å²) >= 11 is 0. The third-order valence-corrected chi connectivity index (χ3v) is 6.96. The van der Waals surface area contributed by atoms with Crippen molar-refractivity contribution in [2.24, 2.45) is 0 Å². The molecule has 1 aromatic heterocycles. The Kier molecular flexibility index (Phi) is 5.83. The average molecular weight is 526 g/mol. The number of para-hydroxylation sites is 1. The molecule has 0 radical (unpaired) electrons. The second kappa shape index (κ2) is 9.36. The van der Waals surface area contributed by atoms with Gasteiger partial charge in [-0.2, -0.15) is 0 Å². The number of hydrogen-bond acceptors (Lipinski definition) is 8. The van der Waals surface area contributed by atoms with Crippen LogP contribution in [0.15, 0.2) is 65.2 Å². The number of hydrogen-bond donors (Lipinski definition) is 1. The van der Waals surface area contributed by atoms with Crippen LogP contribution in [0.3, 0.4) is 0 Å². The number of Topliss-reactive ketones (excluding diaryl/α,β-unsaturated/α-hetero) is 1. The van der Waals surface area contributed by atoms with Gasteiger partial charge >= 0.3 is 5.97 Å². The molecule has 1 N–H and O–H groups in total. The van der Waals surface area contributed by atoms with Crippen molar-refractivity contribution in [2.75, 3.05) is 21.3 Å². The van der Waals surface area contributed by atoms with Crippen LogP contribution in [-0.2, 0) is 4.79 Å². The largest absolute Gasteiger partial charge is 0.497 e. The summed E-state index contributed by atoms with van der Waals surface area (Å²) in [5.41, 5.74) is 2.00. The van der Waals surface area contributed by atoms with E-state index in [4.69, 9.17) is 23.7 Å². The molecule has 39 heavy (non-hydrogen) atoms. The van der Waals surface area contributed by atoms with E-state index in [0.29, 0.717) is 45.0 Å². The quantitative estimate of drug-likeness (QED) is 0.228. The van der Waals surface area contributed by atoms with Crippen LogP contribution in [0.1, 0.15) is 39.4 Å². The minimum atomic E-state index is -0.700. The lowest BCUT2D eigenvalue weighted by molar-refractivity contribution is -0.135. The molecule has 0 unspecified atom stereocenters. The second-order valence-electron chi connectivity index (χ2n) is 9.11. The van der Waals surface area contributed by atoms with Crippen molar-refractivity contribution in [2.45, 2.75) is 12.3 Å². The fourth-order valence-electron chi connectivity index (χ4n) is 5.13. The van der Waals surface area contributed by atoms with Crippen LogP contribution in [0.2, 0.25) is 0 Å². The molecule has 4 aromatic rings. The Morgan fingerprint density at radius 3 is 2.54 bits per heavy atom. The van der Waals surface area contributed by atoms with Crippen LogP contribution in [-0.4, -0.2) is 38.1 Å². The third kappa shape index (κ3) is 3.99. The number of ether oxygens (including phenoxy) is 5. The first-order valence-corrected chi connectivity index (χ1v) is 12.2. The van der Waals surface area contributed by atoms with Crippen molar-refractivity contribution < 1.29 is 33.3 Å². The van der Waals surface area contributed by atoms with Gasteiger partial charge in [0.1, 0.15) is 17.2 Å². The summed E-state index contributed by atoms with van der Waals surface area (Å²) in [6.45, 7) is 0. The van der Waals surface area contributed by atoms with E-state index in [2.05, 4.69) is 4.98 Å². The third-order valence-electron chi connectivity index (χ3n) is 6.96. The van der Waals surface area contributed by atoms with Crippen molar-refractivity contribution in [3.8, 4) is 28.7 Å². The highest BCUT2D eigenvalue weighted by atomic mass is 16.5. The zero-order chi connectivity index (χ0) is 27.3. The average Bonchev–Trinajstić information content (AvgIpc) is 3.26. The first-order chi connectivity index (χ1) is 18.9. The van der Waals surface area contributed by atoms with E-state index in [1.807, 2.05) is 0 Å². The van der Waals surface area contributed by atoms with Crippen LogP contribution in [0.5, 0.6) is 28.7 Å². The number of ketones is 1. The highest BCUT2D eigenvalue weighted by Crippen LogP contribution is 2.49. The van der Waals surface area contributed by atoms with Gasteiger partial charge in [-0.15, -0.1) is 0 Å². The summed E-state index contributed by atoms with van der Waals surface area (Å²) in [5.74, 6) is 0.622. The molecule has 2 aliphatic heterocycles. The zero-order valence-electron chi connectivity index (χ0n) is 21.3. The van der Waals surface area contributed by atoms with Gasteiger partial charge in [-0.3, -0.25) is 14.4 Å². The number of allylic oxidation sites excluding steroid dienone is 1. The molecule has 2 aliphatic rings. The van der Waals surface area contributed by atoms with E-state index < -0.39 is 11.9 Å². The molecule has 0 aliphatic carbocycles. The van der Waals surface area contributed by atoms with E-state index in [-0.39, 0.29) is 35.0 Å². The predicted molar refractivity (Wildman–Crippen MR) is 142 cm³/mol. The predicted octanol–water partition coefficient (Wildman–Crippen LogP) is 4.61. The Balaban J connectivity index is 1.49. The van der Waals surface area contributed by atoms with Gasteiger partial charge in [0.2, 0.25) is 5.78 Å². The van der Waals surface area contributed by atoms with Gasteiger partial charge in [-0.1, -0.05) is 12.1 Å². The topological polar surface area (TPSA) is 113 Å². The number of esters is 1. The summed E-state index contributed by atoms with van der Waals surface area (Å²) in [6, 6.07) is 15.5. The molecule has 0 saturated carbocycles. The molecule has 0 amide bonds. The lowest BCUT2D eigenvalue weighted by Gasteiger charge is -2.26. The fraction of sp³-hybridized carbons (Fsp3) is 0.167. The molecule has 9 nitrogen and oxygen atoms in total. The smallest absolute Gasteiger partial charge is 0.312 e. The normalized spacial score (nSPS) is 16.9. The second-order valence-corrected chi connectivity index (χ2v) is 9.11. The number of aromatic nitrogens is 1. The van der Waals surface area contributed by atoms with E-state index in [1.165, 1.54) is 14.2 Å². The summed E-state index contributed by atoms with van der Waals surface area (Å²) in [7, 11) is 4.60. The van der Waals surface area contributed by atoms with Crippen LogP contribution in [0.4, 0.5) is 0 Å². The number of pyridine rings is 1. The maximum atomic E-state index is 13.4. The number of carbonyl (C=O) groups is 2. The van der Waals surface area contributed by atoms with Crippen molar-refractivity contribution >= 4 is 28.7 Å². The van der Waals surface area contributed by atoms with E-state index in [0.717, 1.165) is 5.39 Å². The van der Waals surface area contributed by atoms with Crippen molar-refractivity contribution in [1.82, 2.24) is 4.98 Å². The molecule has 3 heterocycles. The number of benzene rings is 3. The Bertz CT molecular complexity index is 1770.